The number of anilines is 2. The molecule has 3 rings (SSSR count). The molecule has 0 bridgehead atoms. The average Bonchev–Trinajstić information content (AvgIpc) is 2.63. The Hall–Kier alpha value is -3.22. The van der Waals surface area contributed by atoms with Gasteiger partial charge in [-0.2, -0.15) is 0 Å². The predicted octanol–water partition coefficient (Wildman–Crippen LogP) is 2.82. The van der Waals surface area contributed by atoms with Crippen molar-refractivity contribution in [2.24, 2.45) is 0 Å². The molecule has 1 aliphatic rings. The highest BCUT2D eigenvalue weighted by molar-refractivity contribution is 5.99. The van der Waals surface area contributed by atoms with Crippen LogP contribution in [0.15, 0.2) is 42.5 Å². The fourth-order valence-electron chi connectivity index (χ4n) is 2.43. The monoisotopic (exact) mass is 356 g/mol. The lowest BCUT2D eigenvalue weighted by atomic mass is 10.2. The molecule has 136 valence electrons. The molecule has 26 heavy (non-hydrogen) atoms. The van der Waals surface area contributed by atoms with E-state index in [1.54, 1.807) is 49.4 Å². The number of hydrogen-bond acceptors (Lipinski definition) is 5. The van der Waals surface area contributed by atoms with Gasteiger partial charge >= 0.3 is 0 Å². The van der Waals surface area contributed by atoms with Crippen molar-refractivity contribution in [3.8, 4) is 17.2 Å². The summed E-state index contributed by atoms with van der Waals surface area (Å²) in [6.07, 6.45) is -0.537. The molecule has 0 aromatic heterocycles. The van der Waals surface area contributed by atoms with Gasteiger partial charge in [0.25, 0.3) is 11.8 Å². The second-order valence-corrected chi connectivity index (χ2v) is 5.70. The van der Waals surface area contributed by atoms with Gasteiger partial charge in [0.2, 0.25) is 0 Å². The number of carbonyl (C=O) groups excluding carboxylic acids is 2. The first-order valence-electron chi connectivity index (χ1n) is 8.32. The number of rotatable bonds is 6. The van der Waals surface area contributed by atoms with E-state index in [-0.39, 0.29) is 18.4 Å². The molecule has 0 fully saturated rings. The van der Waals surface area contributed by atoms with Crippen molar-refractivity contribution in [3.63, 3.8) is 0 Å². The number of amides is 2. The van der Waals surface area contributed by atoms with E-state index in [1.165, 1.54) is 0 Å². The number of fused-ring (bicyclic) bond motifs is 1. The lowest BCUT2D eigenvalue weighted by molar-refractivity contribution is -0.122. The number of carbonyl (C=O) groups is 2. The maximum absolute atomic E-state index is 12.1. The zero-order valence-corrected chi connectivity index (χ0v) is 14.6. The normalized spacial score (nSPS) is 15.3. The van der Waals surface area contributed by atoms with Crippen LogP contribution in [0.3, 0.4) is 0 Å². The van der Waals surface area contributed by atoms with Crippen LogP contribution >= 0.6 is 0 Å². The van der Waals surface area contributed by atoms with Crippen LogP contribution < -0.4 is 24.8 Å². The molecule has 1 heterocycles. The molecule has 2 aromatic carbocycles. The largest absolute Gasteiger partial charge is 0.494 e. The molecular formula is C19H20N2O5. The van der Waals surface area contributed by atoms with Gasteiger partial charge < -0.3 is 24.8 Å². The summed E-state index contributed by atoms with van der Waals surface area (Å²) in [5.74, 6) is 1.36. The molecule has 7 heteroatoms. The molecule has 7 nitrogen and oxygen atoms in total. The smallest absolute Gasteiger partial charge is 0.265 e. The van der Waals surface area contributed by atoms with E-state index in [1.807, 2.05) is 6.92 Å². The summed E-state index contributed by atoms with van der Waals surface area (Å²) in [5, 5.41) is 5.46. The quantitative estimate of drug-likeness (QED) is 0.831. The topological polar surface area (TPSA) is 85.9 Å². The van der Waals surface area contributed by atoms with Gasteiger partial charge in [-0.05, 0) is 56.3 Å². The summed E-state index contributed by atoms with van der Waals surface area (Å²) in [6, 6.07) is 12.1. The lowest BCUT2D eigenvalue weighted by Gasteiger charge is -2.23. The third-order valence-electron chi connectivity index (χ3n) is 3.70. The number of hydrogen-bond donors (Lipinski definition) is 2. The minimum absolute atomic E-state index is 0.134. The first kappa shape index (κ1) is 17.6. The highest BCUT2D eigenvalue weighted by atomic mass is 16.5. The van der Waals surface area contributed by atoms with Crippen LogP contribution in [0, 0.1) is 0 Å². The fraction of sp³-hybridized carbons (Fsp3) is 0.263. The van der Waals surface area contributed by atoms with E-state index >= 15 is 0 Å². The van der Waals surface area contributed by atoms with E-state index in [9.17, 15) is 9.59 Å². The Kier molecular flexibility index (Phi) is 5.26. The second kappa shape index (κ2) is 7.77. The SMILES string of the molecule is CCOc1ccc(OCC(=O)Nc2ccc3c(c2)NC(=O)C(C)O3)cc1. The van der Waals surface area contributed by atoms with E-state index in [2.05, 4.69) is 10.6 Å². The van der Waals surface area contributed by atoms with E-state index in [0.717, 1.165) is 5.75 Å². The van der Waals surface area contributed by atoms with Crippen molar-refractivity contribution in [2.75, 3.05) is 23.8 Å². The third-order valence-corrected chi connectivity index (χ3v) is 3.70. The highest BCUT2D eigenvalue weighted by Crippen LogP contribution is 2.32. The Morgan fingerprint density at radius 2 is 1.85 bits per heavy atom. The fourth-order valence-corrected chi connectivity index (χ4v) is 2.43. The van der Waals surface area contributed by atoms with Crippen LogP contribution in [0.5, 0.6) is 17.2 Å². The van der Waals surface area contributed by atoms with Crippen molar-refractivity contribution < 1.29 is 23.8 Å². The van der Waals surface area contributed by atoms with E-state index in [4.69, 9.17) is 14.2 Å². The van der Waals surface area contributed by atoms with Crippen molar-refractivity contribution in [1.29, 1.82) is 0 Å². The minimum Gasteiger partial charge on any atom is -0.494 e. The Labute approximate surface area is 151 Å². The van der Waals surface area contributed by atoms with Gasteiger partial charge in [0.05, 0.1) is 12.3 Å². The number of ether oxygens (including phenoxy) is 3. The maximum Gasteiger partial charge on any atom is 0.265 e. The Morgan fingerprint density at radius 1 is 1.15 bits per heavy atom. The Morgan fingerprint density at radius 3 is 2.54 bits per heavy atom. The predicted molar refractivity (Wildman–Crippen MR) is 96.9 cm³/mol. The molecule has 0 saturated heterocycles. The van der Waals surface area contributed by atoms with Crippen LogP contribution in [0.1, 0.15) is 13.8 Å². The highest BCUT2D eigenvalue weighted by Gasteiger charge is 2.23. The number of benzene rings is 2. The summed E-state index contributed by atoms with van der Waals surface area (Å²) >= 11 is 0. The second-order valence-electron chi connectivity index (χ2n) is 5.70. The van der Waals surface area contributed by atoms with Gasteiger partial charge in [-0.1, -0.05) is 0 Å². The first-order valence-corrected chi connectivity index (χ1v) is 8.32. The molecule has 2 N–H and O–H groups in total. The maximum atomic E-state index is 12.1. The van der Waals surface area contributed by atoms with Gasteiger partial charge in [-0.3, -0.25) is 9.59 Å². The van der Waals surface area contributed by atoms with Crippen LogP contribution in [-0.4, -0.2) is 31.1 Å². The summed E-state index contributed by atoms with van der Waals surface area (Å²) in [6.45, 7) is 4.04. The molecule has 0 spiro atoms. The van der Waals surface area contributed by atoms with E-state index in [0.29, 0.717) is 29.5 Å². The van der Waals surface area contributed by atoms with Gasteiger partial charge in [-0.15, -0.1) is 0 Å². The standard InChI is InChI=1S/C19H20N2O5/c1-3-24-14-5-7-15(8-6-14)25-11-18(22)20-13-4-9-17-16(10-13)21-19(23)12(2)26-17/h4-10,12H,3,11H2,1-2H3,(H,20,22)(H,21,23). The molecule has 1 atom stereocenters. The molecule has 1 aliphatic heterocycles. The van der Waals surface area contributed by atoms with Crippen LogP contribution in [0.4, 0.5) is 11.4 Å². The van der Waals surface area contributed by atoms with Crippen LogP contribution in [-0.2, 0) is 9.59 Å². The Bertz CT molecular complexity index is 804. The van der Waals surface area contributed by atoms with Crippen molar-refractivity contribution >= 4 is 23.2 Å². The van der Waals surface area contributed by atoms with Crippen molar-refractivity contribution in [3.05, 3.63) is 42.5 Å². The molecule has 0 aliphatic carbocycles. The van der Waals surface area contributed by atoms with Crippen molar-refractivity contribution in [2.45, 2.75) is 20.0 Å². The van der Waals surface area contributed by atoms with E-state index < -0.39 is 6.10 Å². The summed E-state index contributed by atoms with van der Waals surface area (Å²) < 4.78 is 16.3. The van der Waals surface area contributed by atoms with Crippen molar-refractivity contribution in [1.82, 2.24) is 0 Å². The molecule has 2 aromatic rings. The van der Waals surface area contributed by atoms with Crippen LogP contribution in [0.25, 0.3) is 0 Å². The molecular weight excluding hydrogens is 336 g/mol. The first-order chi connectivity index (χ1) is 12.5. The zero-order chi connectivity index (χ0) is 18.5. The summed E-state index contributed by atoms with van der Waals surface area (Å²) in [4.78, 5) is 23.7. The van der Waals surface area contributed by atoms with Gasteiger partial charge in [-0.25, -0.2) is 0 Å². The molecule has 0 radical (unpaired) electrons. The molecule has 0 saturated carbocycles. The average molecular weight is 356 g/mol. The third kappa shape index (κ3) is 4.24. The lowest BCUT2D eigenvalue weighted by Crippen LogP contribution is -2.34. The minimum atomic E-state index is -0.537. The van der Waals surface area contributed by atoms with Gasteiger partial charge in [0, 0.05) is 5.69 Å². The number of nitrogens with one attached hydrogen (secondary N) is 2. The molecule has 1 unspecified atom stereocenters. The van der Waals surface area contributed by atoms with Gasteiger partial charge in [0.15, 0.2) is 12.7 Å². The van der Waals surface area contributed by atoms with Crippen LogP contribution in [0.2, 0.25) is 0 Å². The molecule has 2 amide bonds. The Balaban J connectivity index is 1.55. The summed E-state index contributed by atoms with van der Waals surface area (Å²) in [7, 11) is 0. The zero-order valence-electron chi connectivity index (χ0n) is 14.6. The summed E-state index contributed by atoms with van der Waals surface area (Å²) in [5.41, 5.74) is 1.07. The van der Waals surface area contributed by atoms with Gasteiger partial charge in [0.1, 0.15) is 17.2 Å².